The molecule has 0 amide bonds. The average molecular weight is 357 g/mol. The second-order valence-electron chi connectivity index (χ2n) is 5.63. The van der Waals surface area contributed by atoms with Gasteiger partial charge < -0.3 is 4.74 Å². The molecule has 1 unspecified atom stereocenters. The average Bonchev–Trinajstić information content (AvgIpc) is 2.36. The van der Waals surface area contributed by atoms with Crippen LogP contribution in [0.1, 0.15) is 84.5 Å². The molecule has 4 heteroatoms. The van der Waals surface area contributed by atoms with Gasteiger partial charge in [-0.1, -0.05) is 74.7 Å². The summed E-state index contributed by atoms with van der Waals surface area (Å²) in [5.74, 6) is 0. The summed E-state index contributed by atoms with van der Waals surface area (Å²) in [5, 5.41) is 0. The van der Waals surface area contributed by atoms with E-state index in [4.69, 9.17) is 4.74 Å². The van der Waals surface area contributed by atoms with Crippen molar-refractivity contribution >= 4 is 15.9 Å². The first-order chi connectivity index (χ1) is 9.48. The molecule has 0 bridgehead atoms. The van der Waals surface area contributed by atoms with Gasteiger partial charge in [0.25, 0.3) is 0 Å². The topological polar surface area (TPSA) is 9.23 Å². The van der Waals surface area contributed by atoms with E-state index in [1.165, 1.54) is 25.7 Å². The summed E-state index contributed by atoms with van der Waals surface area (Å²) in [4.78, 5) is 0.454. The highest BCUT2D eigenvalue weighted by molar-refractivity contribution is 9.09. The molecule has 0 radical (unpaired) electrons. The minimum Gasteiger partial charge on any atom is -0.320 e. The van der Waals surface area contributed by atoms with Crippen molar-refractivity contribution in [2.75, 3.05) is 6.61 Å². The van der Waals surface area contributed by atoms with Crippen molar-refractivity contribution in [2.24, 2.45) is 0 Å². The molecule has 0 rings (SSSR count). The maximum absolute atomic E-state index is 13.4. The minimum absolute atomic E-state index is 0.129. The number of ether oxygens (including phenoxy) is 1. The van der Waals surface area contributed by atoms with Crippen LogP contribution in [0.2, 0.25) is 0 Å². The Balaban J connectivity index is 3.40. The Morgan fingerprint density at radius 3 is 2.15 bits per heavy atom. The quantitative estimate of drug-likeness (QED) is 0.249. The molecule has 0 heterocycles. The maximum atomic E-state index is 13.4. The summed E-state index contributed by atoms with van der Waals surface area (Å²) in [7, 11) is 0. The maximum Gasteiger partial charge on any atom is 0.355 e. The number of hydrogen-bond donors (Lipinski definition) is 0. The van der Waals surface area contributed by atoms with Crippen LogP contribution in [0.25, 0.3) is 0 Å². The van der Waals surface area contributed by atoms with Gasteiger partial charge in [-0.25, -0.2) is 0 Å². The summed E-state index contributed by atoms with van der Waals surface area (Å²) in [6.45, 7) is 4.41. The Hall–Kier alpha value is 0.300. The lowest BCUT2D eigenvalue weighted by Crippen LogP contribution is -2.21. The van der Waals surface area contributed by atoms with Crippen molar-refractivity contribution in [3.05, 3.63) is 0 Å². The summed E-state index contributed by atoms with van der Waals surface area (Å²) in [6.07, 6.45) is 7.00. The monoisotopic (exact) mass is 356 g/mol. The lowest BCUT2D eigenvalue weighted by Gasteiger charge is -2.16. The third-order valence-corrected chi connectivity index (χ3v) is 3.84. The number of halogens is 3. The predicted molar refractivity (Wildman–Crippen MR) is 85.7 cm³/mol. The van der Waals surface area contributed by atoms with Crippen LogP contribution in [0.4, 0.5) is 8.78 Å². The fourth-order valence-electron chi connectivity index (χ4n) is 2.11. The number of alkyl halides is 3. The van der Waals surface area contributed by atoms with E-state index >= 15 is 0 Å². The van der Waals surface area contributed by atoms with Crippen LogP contribution in [0.3, 0.4) is 0 Å². The number of rotatable bonds is 14. The van der Waals surface area contributed by atoms with E-state index in [9.17, 15) is 8.78 Å². The molecule has 0 aliphatic carbocycles. The molecule has 20 heavy (non-hydrogen) atoms. The molecular formula is C16H31BrF2O. The van der Waals surface area contributed by atoms with Gasteiger partial charge in [0.2, 0.25) is 0 Å². The number of unbranched alkanes of at least 4 members (excludes halogenated alkanes) is 7. The molecular weight excluding hydrogens is 326 g/mol. The highest BCUT2D eigenvalue weighted by atomic mass is 79.9. The molecule has 0 aromatic rings. The van der Waals surface area contributed by atoms with E-state index in [0.29, 0.717) is 17.7 Å². The fourth-order valence-corrected chi connectivity index (χ4v) is 2.43. The van der Waals surface area contributed by atoms with Crippen molar-refractivity contribution in [1.82, 2.24) is 0 Å². The molecule has 1 atom stereocenters. The summed E-state index contributed by atoms with van der Waals surface area (Å²) in [5.41, 5.74) is 0. The van der Waals surface area contributed by atoms with Gasteiger partial charge >= 0.3 is 6.11 Å². The minimum atomic E-state index is -2.93. The Bertz CT molecular complexity index is 211. The van der Waals surface area contributed by atoms with Crippen LogP contribution in [-0.4, -0.2) is 17.5 Å². The van der Waals surface area contributed by atoms with Gasteiger partial charge in [-0.05, 0) is 19.3 Å². The standard InChI is InChI=1S/C16H31BrF2O/c1-3-4-5-6-7-8-10-13-16(18,19)20-14-11-9-12-15(2)17/h15H,3-14H2,1-2H3. The molecule has 0 fully saturated rings. The lowest BCUT2D eigenvalue weighted by molar-refractivity contribution is -0.243. The van der Waals surface area contributed by atoms with E-state index < -0.39 is 6.11 Å². The number of hydrogen-bond acceptors (Lipinski definition) is 1. The molecule has 0 aliphatic heterocycles. The molecule has 0 spiro atoms. The molecule has 0 N–H and O–H groups in total. The predicted octanol–water partition coefficient (Wildman–Crippen LogP) is 6.69. The van der Waals surface area contributed by atoms with Gasteiger partial charge in [-0.2, -0.15) is 8.78 Å². The van der Waals surface area contributed by atoms with Crippen molar-refractivity contribution in [3.8, 4) is 0 Å². The van der Waals surface area contributed by atoms with Crippen molar-refractivity contribution in [1.29, 1.82) is 0 Å². The zero-order chi connectivity index (χ0) is 15.3. The largest absolute Gasteiger partial charge is 0.355 e. The second kappa shape index (κ2) is 13.0. The van der Waals surface area contributed by atoms with Crippen LogP contribution in [0.15, 0.2) is 0 Å². The molecule has 0 aliphatic rings. The Morgan fingerprint density at radius 1 is 0.950 bits per heavy atom. The molecule has 0 aromatic carbocycles. The van der Waals surface area contributed by atoms with Gasteiger partial charge in [0.15, 0.2) is 0 Å². The van der Waals surface area contributed by atoms with Crippen LogP contribution in [-0.2, 0) is 4.74 Å². The van der Waals surface area contributed by atoms with E-state index in [0.717, 1.165) is 25.7 Å². The molecule has 0 aromatic heterocycles. The highest BCUT2D eigenvalue weighted by Crippen LogP contribution is 2.24. The first-order valence-electron chi connectivity index (χ1n) is 8.14. The Labute approximate surface area is 132 Å². The van der Waals surface area contributed by atoms with Gasteiger partial charge in [-0.3, -0.25) is 0 Å². The summed E-state index contributed by atoms with van der Waals surface area (Å²) < 4.78 is 31.5. The van der Waals surface area contributed by atoms with Crippen LogP contribution < -0.4 is 0 Å². The smallest absolute Gasteiger partial charge is 0.320 e. The van der Waals surface area contributed by atoms with Crippen LogP contribution in [0.5, 0.6) is 0 Å². The first kappa shape index (κ1) is 20.3. The van der Waals surface area contributed by atoms with E-state index in [2.05, 4.69) is 29.8 Å². The first-order valence-corrected chi connectivity index (χ1v) is 9.05. The van der Waals surface area contributed by atoms with Crippen LogP contribution in [0, 0.1) is 0 Å². The second-order valence-corrected chi connectivity index (χ2v) is 7.20. The van der Waals surface area contributed by atoms with Crippen molar-refractivity contribution in [2.45, 2.75) is 95.4 Å². The lowest BCUT2D eigenvalue weighted by atomic mass is 10.1. The van der Waals surface area contributed by atoms with Crippen molar-refractivity contribution in [3.63, 3.8) is 0 Å². The molecule has 1 nitrogen and oxygen atoms in total. The van der Waals surface area contributed by atoms with Crippen molar-refractivity contribution < 1.29 is 13.5 Å². The third-order valence-electron chi connectivity index (χ3n) is 3.38. The Kier molecular flexibility index (Phi) is 13.2. The summed E-state index contributed by atoms with van der Waals surface area (Å²) in [6, 6.07) is 0. The Morgan fingerprint density at radius 2 is 1.55 bits per heavy atom. The zero-order valence-corrected chi connectivity index (χ0v) is 14.7. The SMILES string of the molecule is CCCCCCCCCC(F)(F)OCCCCC(C)Br. The zero-order valence-electron chi connectivity index (χ0n) is 13.1. The van der Waals surface area contributed by atoms with E-state index in [1.807, 2.05) is 0 Å². The van der Waals surface area contributed by atoms with Gasteiger partial charge in [-0.15, -0.1) is 0 Å². The fraction of sp³-hybridized carbons (Fsp3) is 1.00. The van der Waals surface area contributed by atoms with Gasteiger partial charge in [0.1, 0.15) is 0 Å². The summed E-state index contributed by atoms with van der Waals surface area (Å²) >= 11 is 3.44. The molecule has 122 valence electrons. The highest BCUT2D eigenvalue weighted by Gasteiger charge is 2.28. The molecule has 0 saturated heterocycles. The third kappa shape index (κ3) is 14.7. The van der Waals surface area contributed by atoms with Gasteiger partial charge in [0, 0.05) is 11.2 Å². The normalized spacial score (nSPS) is 13.7. The van der Waals surface area contributed by atoms with Crippen LogP contribution >= 0.6 is 15.9 Å². The van der Waals surface area contributed by atoms with E-state index in [1.54, 1.807) is 0 Å². The molecule has 0 saturated carbocycles. The van der Waals surface area contributed by atoms with Gasteiger partial charge in [0.05, 0.1) is 6.61 Å². The van der Waals surface area contributed by atoms with E-state index in [-0.39, 0.29) is 13.0 Å².